The van der Waals surface area contributed by atoms with E-state index < -0.39 is 29.8 Å². The third kappa shape index (κ3) is 5.44. The summed E-state index contributed by atoms with van der Waals surface area (Å²) in [4.78, 5) is 30.8. The number of halogens is 3. The number of esters is 1. The number of carboxylic acid groups (broad SMARTS) is 1. The number of pyridine rings is 1. The number of aromatic nitrogens is 1. The maximum atomic E-state index is 13.0. The van der Waals surface area contributed by atoms with E-state index in [9.17, 15) is 27.9 Å². The van der Waals surface area contributed by atoms with Crippen LogP contribution in [0.2, 0.25) is 0 Å². The molecule has 0 radical (unpaired) electrons. The first-order valence-corrected chi connectivity index (χ1v) is 9.73. The Balaban J connectivity index is 1.76. The number of carbonyl (C=O) groups is 2. The molecule has 1 aromatic carbocycles. The topological polar surface area (TPSA) is 83.0 Å². The van der Waals surface area contributed by atoms with Gasteiger partial charge in [-0.25, -0.2) is 9.78 Å². The summed E-state index contributed by atoms with van der Waals surface area (Å²) in [5.41, 5.74) is 0.188. The molecule has 1 N–H and O–H groups in total. The van der Waals surface area contributed by atoms with Gasteiger partial charge in [-0.15, -0.1) is 0 Å². The second-order valence-electron chi connectivity index (χ2n) is 7.07. The van der Waals surface area contributed by atoms with Crippen LogP contribution in [-0.2, 0) is 15.7 Å². The van der Waals surface area contributed by atoms with Crippen molar-refractivity contribution in [2.24, 2.45) is 0 Å². The van der Waals surface area contributed by atoms with Crippen LogP contribution in [0.25, 0.3) is 11.1 Å². The van der Waals surface area contributed by atoms with Crippen molar-refractivity contribution < 1.29 is 32.6 Å². The number of amides is 1. The number of carbonyl (C=O) groups excluding carboxylic acids is 1. The number of ether oxygens (including phenoxy) is 1. The molecule has 1 atom stereocenters. The molecule has 1 amide bonds. The van der Waals surface area contributed by atoms with E-state index in [-0.39, 0.29) is 26.1 Å². The van der Waals surface area contributed by atoms with Crippen LogP contribution >= 0.6 is 0 Å². The summed E-state index contributed by atoms with van der Waals surface area (Å²) >= 11 is 0. The van der Waals surface area contributed by atoms with E-state index in [1.165, 1.54) is 17.2 Å². The zero-order valence-electron chi connectivity index (χ0n) is 16.8. The SMILES string of the molecule is CCOC(=O)CC1CN(c2ccc(-c3cccc(C(F)(F)F)c3)cn2)CCN1C(=O)O. The third-order valence-electron chi connectivity index (χ3n) is 5.03. The number of rotatable bonds is 5. The van der Waals surface area contributed by atoms with Gasteiger partial charge in [0.25, 0.3) is 0 Å². The second-order valence-corrected chi connectivity index (χ2v) is 7.07. The van der Waals surface area contributed by atoms with E-state index in [2.05, 4.69) is 4.98 Å². The predicted octanol–water partition coefficient (Wildman–Crippen LogP) is 3.89. The molecule has 1 fully saturated rings. The molecule has 2 aromatic rings. The first-order valence-electron chi connectivity index (χ1n) is 9.73. The number of piperazine rings is 1. The third-order valence-corrected chi connectivity index (χ3v) is 5.03. The van der Waals surface area contributed by atoms with Crippen molar-refractivity contribution in [1.82, 2.24) is 9.88 Å². The highest BCUT2D eigenvalue weighted by atomic mass is 19.4. The minimum atomic E-state index is -4.43. The van der Waals surface area contributed by atoms with E-state index in [1.54, 1.807) is 25.1 Å². The quantitative estimate of drug-likeness (QED) is 0.715. The van der Waals surface area contributed by atoms with Gasteiger partial charge in [0.05, 0.1) is 24.6 Å². The molecule has 1 aromatic heterocycles. The van der Waals surface area contributed by atoms with Gasteiger partial charge in [0.2, 0.25) is 0 Å². The lowest BCUT2D eigenvalue weighted by molar-refractivity contribution is -0.144. The van der Waals surface area contributed by atoms with Crippen LogP contribution in [-0.4, -0.2) is 59.3 Å². The largest absolute Gasteiger partial charge is 0.466 e. The highest BCUT2D eigenvalue weighted by molar-refractivity contribution is 5.73. The van der Waals surface area contributed by atoms with Gasteiger partial charge in [-0.3, -0.25) is 4.79 Å². The molecule has 0 bridgehead atoms. The van der Waals surface area contributed by atoms with E-state index in [1.807, 2.05) is 4.90 Å². The van der Waals surface area contributed by atoms with Crippen molar-refractivity contribution in [3.8, 4) is 11.1 Å². The van der Waals surface area contributed by atoms with Gasteiger partial charge in [0, 0.05) is 31.4 Å². The number of hydrogen-bond acceptors (Lipinski definition) is 5. The molecule has 2 heterocycles. The van der Waals surface area contributed by atoms with E-state index in [0.717, 1.165) is 12.1 Å². The van der Waals surface area contributed by atoms with Crippen LogP contribution in [0.5, 0.6) is 0 Å². The van der Waals surface area contributed by atoms with Gasteiger partial charge in [-0.2, -0.15) is 13.2 Å². The highest BCUT2D eigenvalue weighted by Gasteiger charge is 2.33. The zero-order valence-corrected chi connectivity index (χ0v) is 16.8. The Morgan fingerprint density at radius 3 is 2.58 bits per heavy atom. The molecule has 10 heteroatoms. The van der Waals surface area contributed by atoms with Crippen LogP contribution in [0, 0.1) is 0 Å². The molecule has 1 saturated heterocycles. The number of benzene rings is 1. The van der Waals surface area contributed by atoms with Gasteiger partial charge in [-0.05, 0) is 36.8 Å². The molecule has 1 unspecified atom stereocenters. The second kappa shape index (κ2) is 9.23. The lowest BCUT2D eigenvalue weighted by Gasteiger charge is -2.40. The Morgan fingerprint density at radius 2 is 1.97 bits per heavy atom. The minimum Gasteiger partial charge on any atom is -0.466 e. The molecule has 0 spiro atoms. The molecular weight excluding hydrogens is 415 g/mol. The molecule has 1 aliphatic heterocycles. The van der Waals surface area contributed by atoms with E-state index in [0.29, 0.717) is 23.5 Å². The fourth-order valence-electron chi connectivity index (χ4n) is 3.52. The highest BCUT2D eigenvalue weighted by Crippen LogP contribution is 2.32. The summed E-state index contributed by atoms with van der Waals surface area (Å²) in [6.07, 6.45) is -4.13. The first kappa shape index (κ1) is 22.4. The Labute approximate surface area is 177 Å². The Bertz CT molecular complexity index is 934. The Morgan fingerprint density at radius 1 is 1.19 bits per heavy atom. The van der Waals surface area contributed by atoms with Crippen molar-refractivity contribution in [2.75, 3.05) is 31.1 Å². The average Bonchev–Trinajstić information content (AvgIpc) is 2.73. The molecule has 0 aliphatic carbocycles. The number of alkyl halides is 3. The van der Waals surface area contributed by atoms with Crippen LogP contribution in [0.1, 0.15) is 18.9 Å². The summed E-state index contributed by atoms with van der Waals surface area (Å²) in [5, 5.41) is 9.41. The molecular formula is C21H22F3N3O4. The molecule has 1 aliphatic rings. The van der Waals surface area contributed by atoms with E-state index >= 15 is 0 Å². The summed E-state index contributed by atoms with van der Waals surface area (Å²) in [7, 11) is 0. The van der Waals surface area contributed by atoms with Crippen molar-refractivity contribution >= 4 is 17.9 Å². The standard InChI is InChI=1S/C21H22F3N3O4/c1-2-31-19(28)11-17-13-26(8-9-27(17)20(29)30)18-7-6-15(12-25-18)14-4-3-5-16(10-14)21(22,23)24/h3-7,10,12,17H,2,8-9,11,13H2,1H3,(H,29,30). The number of nitrogens with zero attached hydrogens (tertiary/aromatic N) is 3. The molecule has 0 saturated carbocycles. The van der Waals surface area contributed by atoms with Gasteiger partial charge in [0.15, 0.2) is 0 Å². The van der Waals surface area contributed by atoms with Crippen LogP contribution in [0.3, 0.4) is 0 Å². The summed E-state index contributed by atoms with van der Waals surface area (Å²) in [5.74, 6) is 0.0723. The monoisotopic (exact) mass is 437 g/mol. The molecule has 31 heavy (non-hydrogen) atoms. The van der Waals surface area contributed by atoms with Crippen molar-refractivity contribution in [2.45, 2.75) is 25.6 Å². The maximum Gasteiger partial charge on any atom is 0.416 e. The van der Waals surface area contributed by atoms with Crippen molar-refractivity contribution in [3.63, 3.8) is 0 Å². The average molecular weight is 437 g/mol. The smallest absolute Gasteiger partial charge is 0.416 e. The van der Waals surface area contributed by atoms with Crippen molar-refractivity contribution in [1.29, 1.82) is 0 Å². The first-order chi connectivity index (χ1) is 14.7. The fraction of sp³-hybridized carbons (Fsp3) is 0.381. The summed E-state index contributed by atoms with van der Waals surface area (Å²) in [6.45, 7) is 2.70. The lowest BCUT2D eigenvalue weighted by atomic mass is 10.0. The van der Waals surface area contributed by atoms with Crippen LogP contribution in [0.4, 0.5) is 23.8 Å². The van der Waals surface area contributed by atoms with Gasteiger partial charge in [0.1, 0.15) is 5.82 Å². The Hall–Kier alpha value is -3.30. The van der Waals surface area contributed by atoms with Crippen LogP contribution < -0.4 is 4.90 Å². The maximum absolute atomic E-state index is 13.0. The van der Waals surface area contributed by atoms with Gasteiger partial charge < -0.3 is 19.6 Å². The number of hydrogen-bond donors (Lipinski definition) is 1. The summed E-state index contributed by atoms with van der Waals surface area (Å²) < 4.78 is 43.8. The molecule has 3 rings (SSSR count). The summed E-state index contributed by atoms with van der Waals surface area (Å²) in [6, 6.07) is 7.75. The van der Waals surface area contributed by atoms with Crippen molar-refractivity contribution in [3.05, 3.63) is 48.2 Å². The van der Waals surface area contributed by atoms with E-state index in [4.69, 9.17) is 4.74 Å². The normalized spacial score (nSPS) is 16.8. The molecule has 7 nitrogen and oxygen atoms in total. The minimum absolute atomic E-state index is 0.0705. The Kier molecular flexibility index (Phi) is 6.67. The fourth-order valence-corrected chi connectivity index (χ4v) is 3.52. The number of anilines is 1. The lowest BCUT2D eigenvalue weighted by Crippen LogP contribution is -2.55. The van der Waals surface area contributed by atoms with Gasteiger partial charge in [-0.1, -0.05) is 12.1 Å². The van der Waals surface area contributed by atoms with Gasteiger partial charge >= 0.3 is 18.2 Å². The zero-order chi connectivity index (χ0) is 22.6. The molecule has 166 valence electrons. The predicted molar refractivity (Wildman–Crippen MR) is 107 cm³/mol. The van der Waals surface area contributed by atoms with Crippen LogP contribution in [0.15, 0.2) is 42.6 Å².